The van der Waals surface area contributed by atoms with Crippen LogP contribution in [0.1, 0.15) is 80.6 Å². The van der Waals surface area contributed by atoms with E-state index < -0.39 is 42.5 Å². The molecule has 9 nitrogen and oxygen atoms in total. The minimum atomic E-state index is -1.94. The number of aliphatic hydroxyl groups is 5. The summed E-state index contributed by atoms with van der Waals surface area (Å²) in [5.74, 6) is -0.881. The molecular weight excluding hydrogens is 442 g/mol. The predicted molar refractivity (Wildman–Crippen MR) is 131 cm³/mol. The summed E-state index contributed by atoms with van der Waals surface area (Å²) in [6.45, 7) is 16.1. The third kappa shape index (κ3) is 11.7. The van der Waals surface area contributed by atoms with E-state index >= 15 is 0 Å². The molecule has 0 aromatic heterocycles. The van der Waals surface area contributed by atoms with Crippen molar-refractivity contribution in [1.82, 2.24) is 5.32 Å². The lowest BCUT2D eigenvalue weighted by Gasteiger charge is -2.33. The Bertz CT molecular complexity index is 557. The highest BCUT2D eigenvalue weighted by atomic mass is 16.5. The molecule has 0 heterocycles. The zero-order valence-corrected chi connectivity index (χ0v) is 22.3. The molecule has 9 heteroatoms. The fourth-order valence-corrected chi connectivity index (χ4v) is 3.62. The minimum Gasteiger partial charge on any atom is -0.394 e. The normalized spacial score (nSPS) is 16.7. The van der Waals surface area contributed by atoms with Crippen LogP contribution in [0.15, 0.2) is 0 Å². The van der Waals surface area contributed by atoms with Crippen LogP contribution in [0.25, 0.3) is 0 Å². The van der Waals surface area contributed by atoms with Gasteiger partial charge in [0.1, 0.15) is 18.3 Å². The number of nitrogens with one attached hydrogen (secondary N) is 1. The number of amides is 1. The maximum absolute atomic E-state index is 12.0. The molecule has 4 atom stereocenters. The van der Waals surface area contributed by atoms with Crippen LogP contribution >= 0.6 is 0 Å². The summed E-state index contributed by atoms with van der Waals surface area (Å²) >= 11 is 0. The summed E-state index contributed by atoms with van der Waals surface area (Å²) in [5.41, 5.74) is -0.313. The van der Waals surface area contributed by atoms with E-state index in [4.69, 9.17) is 14.6 Å². The first-order chi connectivity index (χ1) is 15.7. The number of ether oxygens (including phenoxy) is 2. The third-order valence-electron chi connectivity index (χ3n) is 6.97. The third-order valence-corrected chi connectivity index (χ3v) is 6.97. The van der Waals surface area contributed by atoms with E-state index in [1.165, 1.54) is 0 Å². The van der Waals surface area contributed by atoms with E-state index in [0.717, 1.165) is 32.3 Å². The molecule has 0 rings (SSSR count). The highest BCUT2D eigenvalue weighted by Crippen LogP contribution is 2.32. The van der Waals surface area contributed by atoms with Crippen LogP contribution in [-0.2, 0) is 14.3 Å². The summed E-state index contributed by atoms with van der Waals surface area (Å²) in [5, 5.41) is 49.9. The van der Waals surface area contributed by atoms with Gasteiger partial charge in [0.15, 0.2) is 6.10 Å². The maximum Gasteiger partial charge on any atom is 0.251 e. The second-order valence-corrected chi connectivity index (χ2v) is 10.8. The number of aliphatic hydroxyl groups excluding tert-OH is 5. The molecule has 0 saturated carbocycles. The molecule has 6 N–H and O–H groups in total. The number of carbonyl (C=O) groups is 1. The van der Waals surface area contributed by atoms with Gasteiger partial charge in [0, 0.05) is 13.2 Å². The molecule has 0 aliphatic rings. The molecule has 34 heavy (non-hydrogen) atoms. The standard InChI is InChI=1S/C25H51NO8/c1-8-25(9-2,10-3)17-33-16-23(4,5)12-14-34-24(6,7)11-13-26-22(32)21(31)20(30)19(29)18(28)15-27/h18-21,27-31H,8-17H2,1-7H3,(H,26,32). The monoisotopic (exact) mass is 493 g/mol. The Balaban J connectivity index is 4.40. The SMILES string of the molecule is CCC(CC)(CC)COCC(C)(C)CCOC(C)(C)CCNC(=O)C(O)C(O)C(O)C(O)CO. The molecule has 1 amide bonds. The molecule has 0 aromatic rings. The van der Waals surface area contributed by atoms with Crippen LogP contribution in [-0.4, -0.2) is 94.4 Å². The van der Waals surface area contributed by atoms with Gasteiger partial charge < -0.3 is 40.3 Å². The first-order valence-corrected chi connectivity index (χ1v) is 12.5. The van der Waals surface area contributed by atoms with Gasteiger partial charge in [-0.3, -0.25) is 4.79 Å². The molecule has 0 aliphatic heterocycles. The van der Waals surface area contributed by atoms with Crippen LogP contribution in [0.4, 0.5) is 0 Å². The number of hydrogen-bond donors (Lipinski definition) is 6. The molecule has 0 fully saturated rings. The second-order valence-electron chi connectivity index (χ2n) is 10.8. The summed E-state index contributed by atoms with van der Waals surface area (Å²) < 4.78 is 12.1. The number of rotatable bonds is 19. The van der Waals surface area contributed by atoms with Crippen LogP contribution in [0.2, 0.25) is 0 Å². The molecule has 0 spiro atoms. The van der Waals surface area contributed by atoms with Gasteiger partial charge in [-0.25, -0.2) is 0 Å². The predicted octanol–water partition coefficient (Wildman–Crippen LogP) is 1.37. The largest absolute Gasteiger partial charge is 0.394 e. The van der Waals surface area contributed by atoms with Crippen LogP contribution in [0.5, 0.6) is 0 Å². The fourth-order valence-electron chi connectivity index (χ4n) is 3.62. The van der Waals surface area contributed by atoms with E-state index in [1.807, 2.05) is 13.8 Å². The van der Waals surface area contributed by atoms with E-state index in [1.54, 1.807) is 0 Å². The molecule has 0 radical (unpaired) electrons. The topological polar surface area (TPSA) is 149 Å². The highest BCUT2D eigenvalue weighted by Gasteiger charge is 2.34. The van der Waals surface area contributed by atoms with Gasteiger partial charge >= 0.3 is 0 Å². The lowest BCUT2D eigenvalue weighted by molar-refractivity contribution is -0.149. The van der Waals surface area contributed by atoms with Crippen LogP contribution in [0, 0.1) is 10.8 Å². The van der Waals surface area contributed by atoms with Gasteiger partial charge in [-0.1, -0.05) is 34.6 Å². The van der Waals surface area contributed by atoms with Gasteiger partial charge in [0.05, 0.1) is 25.4 Å². The Morgan fingerprint density at radius 1 is 0.882 bits per heavy atom. The smallest absolute Gasteiger partial charge is 0.251 e. The van der Waals surface area contributed by atoms with E-state index in [9.17, 15) is 25.2 Å². The van der Waals surface area contributed by atoms with Crippen molar-refractivity contribution in [2.24, 2.45) is 10.8 Å². The lowest BCUT2D eigenvalue weighted by Crippen LogP contribution is -2.52. The van der Waals surface area contributed by atoms with E-state index in [-0.39, 0.29) is 17.4 Å². The van der Waals surface area contributed by atoms with Crippen molar-refractivity contribution < 1.29 is 39.8 Å². The molecule has 0 aliphatic carbocycles. The fraction of sp³-hybridized carbons (Fsp3) is 0.960. The summed E-state index contributed by atoms with van der Waals surface area (Å²) in [6, 6.07) is 0. The van der Waals surface area contributed by atoms with Crippen molar-refractivity contribution in [3.63, 3.8) is 0 Å². The average Bonchev–Trinajstić information content (AvgIpc) is 2.79. The number of hydrogen-bond acceptors (Lipinski definition) is 8. The second kappa shape index (κ2) is 15.3. The van der Waals surface area contributed by atoms with Gasteiger partial charge in [0.2, 0.25) is 0 Å². The minimum absolute atomic E-state index is 0.0362. The average molecular weight is 494 g/mol. The Labute approximate surface area is 205 Å². The highest BCUT2D eigenvalue weighted by molar-refractivity contribution is 5.81. The van der Waals surface area contributed by atoms with Crippen LogP contribution in [0.3, 0.4) is 0 Å². The summed E-state index contributed by atoms with van der Waals surface area (Å²) in [4.78, 5) is 12.0. The first-order valence-electron chi connectivity index (χ1n) is 12.5. The Kier molecular flexibility index (Phi) is 15.0. The maximum atomic E-state index is 12.0. The summed E-state index contributed by atoms with van der Waals surface area (Å²) in [6.07, 6.45) is -2.77. The van der Waals surface area contributed by atoms with Gasteiger partial charge in [-0.05, 0) is 56.8 Å². The van der Waals surface area contributed by atoms with Crippen LogP contribution < -0.4 is 5.32 Å². The van der Waals surface area contributed by atoms with E-state index in [2.05, 4.69) is 39.9 Å². The van der Waals surface area contributed by atoms with Gasteiger partial charge in [0.25, 0.3) is 5.91 Å². The van der Waals surface area contributed by atoms with E-state index in [0.29, 0.717) is 19.6 Å². The van der Waals surface area contributed by atoms with Crippen molar-refractivity contribution in [3.8, 4) is 0 Å². The molecule has 0 aromatic carbocycles. The van der Waals surface area contributed by atoms with Crippen molar-refractivity contribution in [2.75, 3.05) is 33.0 Å². The Morgan fingerprint density at radius 2 is 1.44 bits per heavy atom. The molecule has 0 saturated heterocycles. The van der Waals surface area contributed by atoms with Crippen molar-refractivity contribution in [3.05, 3.63) is 0 Å². The van der Waals surface area contributed by atoms with Crippen molar-refractivity contribution in [2.45, 2.75) is 111 Å². The quantitative estimate of drug-likeness (QED) is 0.158. The molecular formula is C25H51NO8. The zero-order chi connectivity index (χ0) is 26.6. The molecule has 0 bridgehead atoms. The lowest BCUT2D eigenvalue weighted by atomic mass is 9.80. The first kappa shape index (κ1) is 33.2. The molecule has 204 valence electrons. The number of carbonyl (C=O) groups excluding carboxylic acids is 1. The van der Waals surface area contributed by atoms with Crippen molar-refractivity contribution >= 4 is 5.91 Å². The zero-order valence-electron chi connectivity index (χ0n) is 22.3. The van der Waals surface area contributed by atoms with Crippen molar-refractivity contribution in [1.29, 1.82) is 0 Å². The van der Waals surface area contributed by atoms with Gasteiger partial charge in [-0.15, -0.1) is 0 Å². The Morgan fingerprint density at radius 3 is 1.94 bits per heavy atom. The Hall–Kier alpha value is -0.810. The molecule has 4 unspecified atom stereocenters. The van der Waals surface area contributed by atoms with Gasteiger partial charge in [-0.2, -0.15) is 0 Å². The summed E-state index contributed by atoms with van der Waals surface area (Å²) in [7, 11) is 0.